The Kier molecular flexibility index (Phi) is 4.45. The molecule has 0 heterocycles. The standard InChI is InChI=1S/C16H17BrN2O/c1-10-3-8-14(15(17)9-10)16(20)19-11(2)12-4-6-13(18)7-5-12/h3-9,11H,18H2,1-2H3,(H,19,20). The van der Waals surface area contributed by atoms with Crippen LogP contribution < -0.4 is 11.1 Å². The SMILES string of the molecule is Cc1ccc(C(=O)NC(C)c2ccc(N)cc2)c(Br)c1. The number of nitrogens with one attached hydrogen (secondary N) is 1. The van der Waals surface area contributed by atoms with Gasteiger partial charge in [-0.3, -0.25) is 4.79 Å². The monoisotopic (exact) mass is 332 g/mol. The lowest BCUT2D eigenvalue weighted by Crippen LogP contribution is -2.26. The van der Waals surface area contributed by atoms with Crippen molar-refractivity contribution in [3.05, 3.63) is 63.6 Å². The lowest BCUT2D eigenvalue weighted by molar-refractivity contribution is 0.0939. The maximum atomic E-state index is 12.3. The van der Waals surface area contributed by atoms with E-state index in [1.54, 1.807) is 0 Å². The highest BCUT2D eigenvalue weighted by atomic mass is 79.9. The van der Waals surface area contributed by atoms with E-state index in [1.807, 2.05) is 56.3 Å². The van der Waals surface area contributed by atoms with Gasteiger partial charge in [-0.2, -0.15) is 0 Å². The van der Waals surface area contributed by atoms with E-state index in [9.17, 15) is 4.79 Å². The van der Waals surface area contributed by atoms with Crippen LogP contribution in [0.15, 0.2) is 46.9 Å². The Labute approximate surface area is 127 Å². The largest absolute Gasteiger partial charge is 0.399 e. The summed E-state index contributed by atoms with van der Waals surface area (Å²) in [6, 6.07) is 13.1. The number of halogens is 1. The third-order valence-corrected chi connectivity index (χ3v) is 3.81. The number of hydrogen-bond donors (Lipinski definition) is 2. The zero-order chi connectivity index (χ0) is 14.7. The van der Waals surface area contributed by atoms with Crippen LogP contribution in [0.1, 0.15) is 34.5 Å². The summed E-state index contributed by atoms with van der Waals surface area (Å²) in [4.78, 5) is 12.3. The summed E-state index contributed by atoms with van der Waals surface area (Å²) in [6.07, 6.45) is 0. The smallest absolute Gasteiger partial charge is 0.252 e. The first-order chi connectivity index (χ1) is 9.47. The first-order valence-electron chi connectivity index (χ1n) is 6.40. The van der Waals surface area contributed by atoms with Gasteiger partial charge in [0.1, 0.15) is 0 Å². The number of nitrogens with two attached hydrogens (primary N) is 1. The van der Waals surface area contributed by atoms with Crippen molar-refractivity contribution in [2.75, 3.05) is 5.73 Å². The maximum absolute atomic E-state index is 12.3. The highest BCUT2D eigenvalue weighted by molar-refractivity contribution is 9.10. The van der Waals surface area contributed by atoms with Crippen molar-refractivity contribution < 1.29 is 4.79 Å². The van der Waals surface area contributed by atoms with Crippen molar-refractivity contribution in [1.29, 1.82) is 0 Å². The molecule has 0 spiro atoms. The number of aryl methyl sites for hydroxylation is 1. The van der Waals surface area contributed by atoms with E-state index < -0.39 is 0 Å². The summed E-state index contributed by atoms with van der Waals surface area (Å²) in [6.45, 7) is 3.94. The van der Waals surface area contributed by atoms with Crippen LogP contribution in [0.25, 0.3) is 0 Å². The molecule has 0 aliphatic carbocycles. The molecular weight excluding hydrogens is 316 g/mol. The average molecular weight is 333 g/mol. The summed E-state index contributed by atoms with van der Waals surface area (Å²) in [5, 5.41) is 2.98. The minimum absolute atomic E-state index is 0.0729. The Hall–Kier alpha value is -1.81. The lowest BCUT2D eigenvalue weighted by atomic mass is 10.1. The molecule has 2 aromatic carbocycles. The average Bonchev–Trinajstić information content (AvgIpc) is 2.39. The van der Waals surface area contributed by atoms with Gasteiger partial charge in [-0.15, -0.1) is 0 Å². The van der Waals surface area contributed by atoms with Crippen LogP contribution in [-0.4, -0.2) is 5.91 Å². The lowest BCUT2D eigenvalue weighted by Gasteiger charge is -2.15. The normalized spacial score (nSPS) is 11.9. The van der Waals surface area contributed by atoms with Crippen LogP contribution >= 0.6 is 15.9 Å². The van der Waals surface area contributed by atoms with Crippen molar-refractivity contribution in [1.82, 2.24) is 5.32 Å². The number of rotatable bonds is 3. The highest BCUT2D eigenvalue weighted by Crippen LogP contribution is 2.20. The van der Waals surface area contributed by atoms with Crippen LogP contribution in [-0.2, 0) is 0 Å². The number of hydrogen-bond acceptors (Lipinski definition) is 2. The number of benzene rings is 2. The van der Waals surface area contributed by atoms with Crippen molar-refractivity contribution in [2.24, 2.45) is 0 Å². The predicted octanol–water partition coefficient (Wildman–Crippen LogP) is 3.83. The molecule has 0 fully saturated rings. The molecule has 0 aromatic heterocycles. The van der Waals surface area contributed by atoms with Gasteiger partial charge in [0.25, 0.3) is 5.91 Å². The van der Waals surface area contributed by atoms with Crippen molar-refractivity contribution in [3.63, 3.8) is 0 Å². The molecule has 2 rings (SSSR count). The Bertz CT molecular complexity index is 623. The van der Waals surface area contributed by atoms with E-state index in [1.165, 1.54) is 0 Å². The van der Waals surface area contributed by atoms with Gasteiger partial charge in [-0.05, 0) is 65.2 Å². The van der Waals surface area contributed by atoms with E-state index >= 15 is 0 Å². The van der Waals surface area contributed by atoms with Crippen LogP contribution in [0.5, 0.6) is 0 Å². The Morgan fingerprint density at radius 2 is 1.85 bits per heavy atom. The molecule has 0 saturated carbocycles. The molecule has 3 N–H and O–H groups in total. The van der Waals surface area contributed by atoms with Gasteiger partial charge in [0.15, 0.2) is 0 Å². The van der Waals surface area contributed by atoms with Gasteiger partial charge in [0.2, 0.25) is 0 Å². The van der Waals surface area contributed by atoms with Crippen molar-refractivity contribution >= 4 is 27.5 Å². The van der Waals surface area contributed by atoms with Gasteiger partial charge in [-0.1, -0.05) is 18.2 Å². The van der Waals surface area contributed by atoms with Gasteiger partial charge in [-0.25, -0.2) is 0 Å². The third kappa shape index (κ3) is 3.39. The van der Waals surface area contributed by atoms with E-state index in [4.69, 9.17) is 5.73 Å². The minimum atomic E-state index is -0.0961. The summed E-state index contributed by atoms with van der Waals surface area (Å²) in [5.74, 6) is -0.0961. The molecule has 1 unspecified atom stereocenters. The predicted molar refractivity (Wildman–Crippen MR) is 85.6 cm³/mol. The molecule has 1 amide bonds. The number of nitrogen functional groups attached to an aromatic ring is 1. The summed E-state index contributed by atoms with van der Waals surface area (Å²) in [5.41, 5.74) is 9.15. The molecule has 3 nitrogen and oxygen atoms in total. The van der Waals surface area contributed by atoms with Crippen LogP contribution in [0, 0.1) is 6.92 Å². The third-order valence-electron chi connectivity index (χ3n) is 3.15. The van der Waals surface area contributed by atoms with Gasteiger partial charge in [0, 0.05) is 10.2 Å². The first kappa shape index (κ1) is 14.6. The first-order valence-corrected chi connectivity index (χ1v) is 7.19. The minimum Gasteiger partial charge on any atom is -0.399 e. The Balaban J connectivity index is 2.13. The summed E-state index contributed by atoms with van der Waals surface area (Å²) in [7, 11) is 0. The van der Waals surface area contributed by atoms with Crippen LogP contribution in [0.2, 0.25) is 0 Å². The van der Waals surface area contributed by atoms with Crippen molar-refractivity contribution in [2.45, 2.75) is 19.9 Å². The zero-order valence-corrected chi connectivity index (χ0v) is 13.1. The summed E-state index contributed by atoms with van der Waals surface area (Å²) >= 11 is 3.43. The van der Waals surface area contributed by atoms with Gasteiger partial charge < -0.3 is 11.1 Å². The molecule has 0 aliphatic heterocycles. The quantitative estimate of drug-likeness (QED) is 0.839. The van der Waals surface area contributed by atoms with Crippen LogP contribution in [0.4, 0.5) is 5.69 Å². The number of amides is 1. The molecule has 0 aliphatic rings. The number of carbonyl (C=O) groups is 1. The van der Waals surface area contributed by atoms with Crippen LogP contribution in [0.3, 0.4) is 0 Å². The molecule has 0 bridgehead atoms. The van der Waals surface area contributed by atoms with Gasteiger partial charge >= 0.3 is 0 Å². The van der Waals surface area contributed by atoms with E-state index in [2.05, 4.69) is 21.2 Å². The molecule has 20 heavy (non-hydrogen) atoms. The molecule has 4 heteroatoms. The second-order valence-electron chi connectivity index (χ2n) is 4.85. The van der Waals surface area contributed by atoms with Crippen molar-refractivity contribution in [3.8, 4) is 0 Å². The second-order valence-corrected chi connectivity index (χ2v) is 5.70. The second kappa shape index (κ2) is 6.09. The topological polar surface area (TPSA) is 55.1 Å². The summed E-state index contributed by atoms with van der Waals surface area (Å²) < 4.78 is 0.805. The fourth-order valence-corrected chi connectivity index (χ4v) is 2.62. The van der Waals surface area contributed by atoms with Gasteiger partial charge in [0.05, 0.1) is 11.6 Å². The maximum Gasteiger partial charge on any atom is 0.252 e. The molecule has 104 valence electrons. The molecule has 2 aromatic rings. The highest BCUT2D eigenvalue weighted by Gasteiger charge is 2.13. The van der Waals surface area contributed by atoms with E-state index in [-0.39, 0.29) is 11.9 Å². The molecule has 0 saturated heterocycles. The molecular formula is C16H17BrN2O. The number of anilines is 1. The molecule has 0 radical (unpaired) electrons. The van der Waals surface area contributed by atoms with E-state index in [0.717, 1.165) is 15.6 Å². The fraction of sp³-hybridized carbons (Fsp3) is 0.188. The molecule has 1 atom stereocenters. The Morgan fingerprint density at radius 1 is 1.20 bits per heavy atom. The number of carbonyl (C=O) groups excluding carboxylic acids is 1. The van der Waals surface area contributed by atoms with E-state index in [0.29, 0.717) is 11.3 Å². The Morgan fingerprint density at radius 3 is 2.45 bits per heavy atom. The zero-order valence-electron chi connectivity index (χ0n) is 11.5. The fourth-order valence-electron chi connectivity index (χ4n) is 1.95.